The number of amides is 1. The highest BCUT2D eigenvalue weighted by molar-refractivity contribution is 5.89. The zero-order valence-electron chi connectivity index (χ0n) is 20.9. The maximum Gasteiger partial charge on any atom is 0.331 e. The van der Waals surface area contributed by atoms with Crippen molar-refractivity contribution in [3.05, 3.63) is 82.2 Å². The zero-order valence-corrected chi connectivity index (χ0v) is 20.9. The fraction of sp³-hybridized carbons (Fsp3) is 0.321. The summed E-state index contributed by atoms with van der Waals surface area (Å²) in [5.74, 6) is 0.518. The Morgan fingerprint density at radius 3 is 2.53 bits per heavy atom. The highest BCUT2D eigenvalue weighted by Crippen LogP contribution is 2.30. The molecule has 0 unspecified atom stereocenters. The molecule has 0 spiro atoms. The number of aromatic nitrogens is 2. The number of ether oxygens (including phenoxy) is 3. The van der Waals surface area contributed by atoms with E-state index in [0.717, 1.165) is 39.6 Å². The Balaban J connectivity index is 1.22. The van der Waals surface area contributed by atoms with Crippen LogP contribution in [-0.4, -0.2) is 48.0 Å². The van der Waals surface area contributed by atoms with Crippen LogP contribution < -0.4 is 14.8 Å². The summed E-state index contributed by atoms with van der Waals surface area (Å²) in [6.45, 7) is 7.74. The number of aryl methyl sites for hydroxylation is 2. The molecule has 2 aromatic carbocycles. The quantitative estimate of drug-likeness (QED) is 0.365. The van der Waals surface area contributed by atoms with E-state index in [1.54, 1.807) is 6.08 Å². The molecule has 0 saturated heterocycles. The number of nitrogens with zero attached hydrogens (tertiary/aromatic N) is 2. The van der Waals surface area contributed by atoms with Gasteiger partial charge in [-0.1, -0.05) is 35.9 Å². The van der Waals surface area contributed by atoms with Crippen LogP contribution in [0.25, 0.3) is 6.08 Å². The maximum absolute atomic E-state index is 12.2. The third-order valence-corrected chi connectivity index (χ3v) is 5.96. The Kier molecular flexibility index (Phi) is 8.05. The van der Waals surface area contributed by atoms with Crippen molar-refractivity contribution in [1.29, 1.82) is 0 Å². The highest BCUT2D eigenvalue weighted by atomic mass is 16.6. The molecular weight excluding hydrogens is 458 g/mol. The summed E-state index contributed by atoms with van der Waals surface area (Å²) in [6, 6.07) is 14.0. The van der Waals surface area contributed by atoms with E-state index in [9.17, 15) is 9.59 Å². The van der Waals surface area contributed by atoms with E-state index in [1.807, 2.05) is 36.7 Å². The molecule has 1 amide bonds. The van der Waals surface area contributed by atoms with Gasteiger partial charge in [-0.15, -0.1) is 0 Å². The van der Waals surface area contributed by atoms with Crippen molar-refractivity contribution < 1.29 is 23.8 Å². The van der Waals surface area contributed by atoms with Gasteiger partial charge in [0.25, 0.3) is 5.91 Å². The summed E-state index contributed by atoms with van der Waals surface area (Å²) in [5, 5.41) is 7.36. The number of carbonyl (C=O) groups excluding carboxylic acids is 2. The van der Waals surface area contributed by atoms with Crippen molar-refractivity contribution >= 4 is 18.0 Å². The molecule has 3 aromatic rings. The summed E-state index contributed by atoms with van der Waals surface area (Å²) < 4.78 is 18.1. The minimum Gasteiger partial charge on any atom is -0.486 e. The van der Waals surface area contributed by atoms with Gasteiger partial charge in [0.15, 0.2) is 18.1 Å². The molecule has 0 aliphatic carbocycles. The van der Waals surface area contributed by atoms with Gasteiger partial charge in [0, 0.05) is 23.9 Å². The van der Waals surface area contributed by atoms with Crippen molar-refractivity contribution in [2.75, 3.05) is 26.4 Å². The molecule has 0 radical (unpaired) electrons. The lowest BCUT2D eigenvalue weighted by molar-refractivity contribution is -0.143. The monoisotopic (exact) mass is 489 g/mol. The second kappa shape index (κ2) is 11.6. The average Bonchev–Trinajstić information content (AvgIpc) is 3.14. The molecule has 8 nitrogen and oxygen atoms in total. The predicted octanol–water partition coefficient (Wildman–Crippen LogP) is 3.54. The second-order valence-electron chi connectivity index (χ2n) is 8.75. The van der Waals surface area contributed by atoms with E-state index in [0.29, 0.717) is 32.7 Å². The molecule has 1 N–H and O–H groups in total. The van der Waals surface area contributed by atoms with Gasteiger partial charge in [0.05, 0.1) is 12.2 Å². The number of nitrogens with one attached hydrogen (secondary N) is 1. The molecule has 0 bridgehead atoms. The number of carbonyl (C=O) groups is 2. The van der Waals surface area contributed by atoms with E-state index in [1.165, 1.54) is 11.6 Å². The van der Waals surface area contributed by atoms with Gasteiger partial charge in [-0.05, 0) is 56.5 Å². The first kappa shape index (κ1) is 25.0. The molecule has 1 aliphatic heterocycles. The van der Waals surface area contributed by atoms with Crippen molar-refractivity contribution in [2.45, 2.75) is 33.7 Å². The largest absolute Gasteiger partial charge is 0.486 e. The van der Waals surface area contributed by atoms with Crippen LogP contribution in [-0.2, 0) is 27.3 Å². The van der Waals surface area contributed by atoms with Crippen LogP contribution in [0.3, 0.4) is 0 Å². The minimum atomic E-state index is -0.581. The molecular formula is C28H31N3O5. The van der Waals surface area contributed by atoms with Gasteiger partial charge in [-0.25, -0.2) is 4.79 Å². The molecule has 0 fully saturated rings. The van der Waals surface area contributed by atoms with E-state index in [-0.39, 0.29) is 12.5 Å². The van der Waals surface area contributed by atoms with Crippen molar-refractivity contribution in [2.24, 2.45) is 0 Å². The van der Waals surface area contributed by atoms with E-state index in [4.69, 9.17) is 14.2 Å². The second-order valence-corrected chi connectivity index (χ2v) is 8.75. The fourth-order valence-electron chi connectivity index (χ4n) is 3.95. The van der Waals surface area contributed by atoms with E-state index < -0.39 is 5.97 Å². The molecule has 0 saturated carbocycles. The maximum atomic E-state index is 12.2. The topological polar surface area (TPSA) is 91.7 Å². The molecule has 2 heterocycles. The van der Waals surface area contributed by atoms with Crippen molar-refractivity contribution in [1.82, 2.24) is 15.1 Å². The van der Waals surface area contributed by atoms with Crippen LogP contribution in [0.1, 0.15) is 33.6 Å². The molecule has 1 aromatic heterocycles. The van der Waals surface area contributed by atoms with Gasteiger partial charge in [-0.2, -0.15) is 5.10 Å². The lowest BCUT2D eigenvalue weighted by Gasteiger charge is -2.18. The lowest BCUT2D eigenvalue weighted by atomic mass is 10.1. The van der Waals surface area contributed by atoms with Gasteiger partial charge in [0.2, 0.25) is 0 Å². The minimum absolute atomic E-state index is 0.338. The molecule has 1 aliphatic rings. The third-order valence-electron chi connectivity index (χ3n) is 5.96. The molecule has 4 rings (SSSR count). The van der Waals surface area contributed by atoms with Crippen LogP contribution in [0.2, 0.25) is 0 Å². The summed E-state index contributed by atoms with van der Waals surface area (Å²) in [7, 11) is 0. The third kappa shape index (κ3) is 6.53. The summed E-state index contributed by atoms with van der Waals surface area (Å²) in [6.07, 6.45) is 3.64. The molecule has 0 atom stereocenters. The SMILES string of the molecule is Cc1ccc(Cn2nc(C)c(/C=C/C(=O)OCC(=O)NCCc3ccc4c(c3)OCCO4)c2C)cc1. The Hall–Kier alpha value is -4.07. The molecule has 188 valence electrons. The lowest BCUT2D eigenvalue weighted by Crippen LogP contribution is -2.30. The van der Waals surface area contributed by atoms with Crippen LogP contribution >= 0.6 is 0 Å². The highest BCUT2D eigenvalue weighted by Gasteiger charge is 2.13. The summed E-state index contributed by atoms with van der Waals surface area (Å²) in [4.78, 5) is 24.2. The van der Waals surface area contributed by atoms with Crippen LogP contribution in [0.15, 0.2) is 48.5 Å². The Morgan fingerprint density at radius 1 is 1.03 bits per heavy atom. The van der Waals surface area contributed by atoms with Crippen LogP contribution in [0.4, 0.5) is 0 Å². The van der Waals surface area contributed by atoms with Gasteiger partial charge in [0.1, 0.15) is 13.2 Å². The first-order valence-electron chi connectivity index (χ1n) is 12.0. The van der Waals surface area contributed by atoms with Crippen LogP contribution in [0.5, 0.6) is 11.5 Å². The fourth-order valence-corrected chi connectivity index (χ4v) is 3.95. The van der Waals surface area contributed by atoms with Gasteiger partial charge < -0.3 is 19.5 Å². The van der Waals surface area contributed by atoms with Gasteiger partial charge >= 0.3 is 5.97 Å². The number of hydrogen-bond acceptors (Lipinski definition) is 6. The van der Waals surface area contributed by atoms with Crippen LogP contribution in [0, 0.1) is 20.8 Å². The van der Waals surface area contributed by atoms with E-state index in [2.05, 4.69) is 41.6 Å². The first-order valence-corrected chi connectivity index (χ1v) is 12.0. The summed E-state index contributed by atoms with van der Waals surface area (Å²) >= 11 is 0. The Bertz CT molecular complexity index is 1260. The normalized spacial score (nSPS) is 12.5. The Labute approximate surface area is 210 Å². The number of rotatable bonds is 9. The Morgan fingerprint density at radius 2 is 1.75 bits per heavy atom. The average molecular weight is 490 g/mol. The molecule has 8 heteroatoms. The number of esters is 1. The number of benzene rings is 2. The van der Waals surface area contributed by atoms with Crippen molar-refractivity contribution in [3.8, 4) is 11.5 Å². The van der Waals surface area contributed by atoms with E-state index >= 15 is 0 Å². The zero-order chi connectivity index (χ0) is 25.5. The predicted molar refractivity (Wildman–Crippen MR) is 136 cm³/mol. The molecule has 36 heavy (non-hydrogen) atoms. The smallest absolute Gasteiger partial charge is 0.331 e. The first-order chi connectivity index (χ1) is 17.4. The summed E-state index contributed by atoms with van der Waals surface area (Å²) in [5.41, 5.74) is 6.02. The number of fused-ring (bicyclic) bond motifs is 1. The standard InChI is InChI=1S/C28H31N3O5/c1-19-4-6-23(7-5-19)17-31-21(3)24(20(2)30-31)9-11-28(33)36-18-27(32)29-13-12-22-8-10-25-26(16-22)35-15-14-34-25/h4-11,16H,12-15,17-18H2,1-3H3,(H,29,32)/b11-9+. The van der Waals surface area contributed by atoms with Gasteiger partial charge in [-0.3, -0.25) is 9.48 Å². The van der Waals surface area contributed by atoms with Crippen molar-refractivity contribution in [3.63, 3.8) is 0 Å². The number of hydrogen-bond donors (Lipinski definition) is 1.